The number of hydrogen-bond donors (Lipinski definition) is 2. The van der Waals surface area contributed by atoms with E-state index in [1.165, 1.54) is 6.20 Å². The molecular weight excluding hydrogens is 256 g/mol. The Bertz CT molecular complexity index is 584. The number of anilines is 2. The van der Waals surface area contributed by atoms with Crippen molar-refractivity contribution in [2.45, 2.75) is 6.92 Å². The minimum Gasteiger partial charge on any atom is -0.481 e. The van der Waals surface area contributed by atoms with Crippen molar-refractivity contribution in [3.05, 3.63) is 42.4 Å². The molecule has 6 nitrogen and oxygen atoms in total. The zero-order chi connectivity index (χ0) is 14.4. The second kappa shape index (κ2) is 6.51. The molecule has 0 saturated carbocycles. The van der Waals surface area contributed by atoms with Gasteiger partial charge in [0.15, 0.2) is 0 Å². The Kier molecular flexibility index (Phi) is 4.49. The fourth-order valence-corrected chi connectivity index (χ4v) is 1.69. The van der Waals surface area contributed by atoms with Crippen LogP contribution in [0.15, 0.2) is 36.8 Å². The Balaban J connectivity index is 2.15. The van der Waals surface area contributed by atoms with Crippen LogP contribution in [-0.4, -0.2) is 29.5 Å². The van der Waals surface area contributed by atoms with Gasteiger partial charge in [0.1, 0.15) is 0 Å². The van der Waals surface area contributed by atoms with E-state index in [9.17, 15) is 4.79 Å². The number of aromatic nitrogens is 2. The number of carbonyl (C=O) groups is 1. The summed E-state index contributed by atoms with van der Waals surface area (Å²) in [5, 5.41) is 5.90. The smallest absolute Gasteiger partial charge is 0.259 e. The normalized spacial score (nSPS) is 9.90. The lowest BCUT2D eigenvalue weighted by molar-refractivity contribution is 0.102. The van der Waals surface area contributed by atoms with Gasteiger partial charge in [0, 0.05) is 25.0 Å². The van der Waals surface area contributed by atoms with Gasteiger partial charge in [-0.25, -0.2) is 4.98 Å². The van der Waals surface area contributed by atoms with Gasteiger partial charge >= 0.3 is 0 Å². The minimum atomic E-state index is -0.235. The number of nitrogens with one attached hydrogen (secondary N) is 2. The first-order valence-electron chi connectivity index (χ1n) is 6.24. The first kappa shape index (κ1) is 13.8. The Morgan fingerprint density at radius 1 is 1.30 bits per heavy atom. The molecule has 6 heteroatoms. The monoisotopic (exact) mass is 272 g/mol. The van der Waals surface area contributed by atoms with Crippen molar-refractivity contribution in [2.24, 2.45) is 0 Å². The number of carbonyl (C=O) groups excluding carboxylic acids is 1. The van der Waals surface area contributed by atoms with E-state index in [0.29, 0.717) is 17.1 Å². The van der Waals surface area contributed by atoms with Gasteiger partial charge in [-0.3, -0.25) is 9.78 Å². The fraction of sp³-hybridized carbons (Fsp3) is 0.214. The van der Waals surface area contributed by atoms with Crippen LogP contribution in [0.3, 0.4) is 0 Å². The molecule has 2 N–H and O–H groups in total. The van der Waals surface area contributed by atoms with Crippen LogP contribution in [0.5, 0.6) is 5.88 Å². The maximum Gasteiger partial charge on any atom is 0.259 e. The largest absolute Gasteiger partial charge is 0.481 e. The molecule has 2 aromatic rings. The van der Waals surface area contributed by atoms with Gasteiger partial charge in [-0.1, -0.05) is 0 Å². The van der Waals surface area contributed by atoms with Crippen molar-refractivity contribution < 1.29 is 9.53 Å². The summed E-state index contributed by atoms with van der Waals surface area (Å²) >= 11 is 0. The molecule has 2 rings (SSSR count). The van der Waals surface area contributed by atoms with Crippen molar-refractivity contribution >= 4 is 17.3 Å². The highest BCUT2D eigenvalue weighted by atomic mass is 16.5. The Hall–Kier alpha value is -2.63. The maximum absolute atomic E-state index is 12.2. The van der Waals surface area contributed by atoms with Crippen LogP contribution in [0.25, 0.3) is 0 Å². The Morgan fingerprint density at radius 3 is 2.80 bits per heavy atom. The number of amides is 1. The van der Waals surface area contributed by atoms with Crippen LogP contribution in [0.1, 0.15) is 17.3 Å². The third kappa shape index (κ3) is 3.23. The molecular formula is C14H16N4O2. The average molecular weight is 272 g/mol. The number of ether oxygens (including phenoxy) is 1. The zero-order valence-electron chi connectivity index (χ0n) is 11.4. The summed E-state index contributed by atoms with van der Waals surface area (Å²) in [5.41, 5.74) is 1.84. The Labute approximate surface area is 117 Å². The zero-order valence-corrected chi connectivity index (χ0v) is 11.4. The van der Waals surface area contributed by atoms with Crippen LogP contribution in [-0.2, 0) is 0 Å². The number of nitrogens with zero attached hydrogens (tertiary/aromatic N) is 2. The van der Waals surface area contributed by atoms with Gasteiger partial charge in [-0.2, -0.15) is 0 Å². The molecule has 0 fully saturated rings. The van der Waals surface area contributed by atoms with Crippen LogP contribution in [0.2, 0.25) is 0 Å². The van der Waals surface area contributed by atoms with Crippen LogP contribution in [0.4, 0.5) is 11.4 Å². The lowest BCUT2D eigenvalue weighted by Gasteiger charge is -2.10. The molecule has 104 valence electrons. The summed E-state index contributed by atoms with van der Waals surface area (Å²) in [4.78, 5) is 20.2. The van der Waals surface area contributed by atoms with Gasteiger partial charge in [-0.15, -0.1) is 0 Å². The number of methoxy groups -OCH3 is 1. The van der Waals surface area contributed by atoms with E-state index in [1.54, 1.807) is 37.7 Å². The molecule has 0 radical (unpaired) electrons. The third-order valence-corrected chi connectivity index (χ3v) is 2.64. The highest BCUT2D eigenvalue weighted by molar-refractivity contribution is 6.07. The van der Waals surface area contributed by atoms with Crippen LogP contribution < -0.4 is 15.4 Å². The summed E-state index contributed by atoms with van der Waals surface area (Å²) < 4.78 is 4.97. The lowest BCUT2D eigenvalue weighted by atomic mass is 10.2. The first-order valence-corrected chi connectivity index (χ1v) is 6.24. The summed E-state index contributed by atoms with van der Waals surface area (Å²) in [6, 6.07) is 5.18. The number of pyridine rings is 2. The average Bonchev–Trinajstić information content (AvgIpc) is 2.49. The molecule has 0 atom stereocenters. The summed E-state index contributed by atoms with van der Waals surface area (Å²) in [6.07, 6.45) is 4.72. The van der Waals surface area contributed by atoms with Gasteiger partial charge in [-0.05, 0) is 19.1 Å². The molecule has 20 heavy (non-hydrogen) atoms. The van der Waals surface area contributed by atoms with Crippen molar-refractivity contribution in [1.29, 1.82) is 0 Å². The van der Waals surface area contributed by atoms with Gasteiger partial charge in [0.05, 0.1) is 30.2 Å². The van der Waals surface area contributed by atoms with E-state index in [0.717, 1.165) is 12.2 Å². The van der Waals surface area contributed by atoms with Crippen LogP contribution >= 0.6 is 0 Å². The molecule has 0 aromatic carbocycles. The molecule has 0 aliphatic rings. The number of rotatable bonds is 5. The van der Waals surface area contributed by atoms with Crippen molar-refractivity contribution in [1.82, 2.24) is 9.97 Å². The van der Waals surface area contributed by atoms with Crippen LogP contribution in [0, 0.1) is 0 Å². The second-order valence-electron chi connectivity index (χ2n) is 3.99. The quantitative estimate of drug-likeness (QED) is 0.872. The fourth-order valence-electron chi connectivity index (χ4n) is 1.69. The lowest BCUT2D eigenvalue weighted by Crippen LogP contribution is -2.15. The van der Waals surface area contributed by atoms with Gasteiger partial charge in [0.2, 0.25) is 5.88 Å². The predicted octanol–water partition coefficient (Wildman–Crippen LogP) is 2.17. The van der Waals surface area contributed by atoms with Gasteiger partial charge < -0.3 is 15.4 Å². The first-order chi connectivity index (χ1) is 9.74. The van der Waals surface area contributed by atoms with E-state index >= 15 is 0 Å². The Morgan fingerprint density at radius 2 is 2.15 bits per heavy atom. The van der Waals surface area contributed by atoms with Crippen molar-refractivity contribution in [3.8, 4) is 5.88 Å². The van der Waals surface area contributed by atoms with E-state index < -0.39 is 0 Å². The maximum atomic E-state index is 12.2. The van der Waals surface area contributed by atoms with Crippen molar-refractivity contribution in [3.63, 3.8) is 0 Å². The highest BCUT2D eigenvalue weighted by Gasteiger charge is 2.11. The molecule has 2 aromatic heterocycles. The molecule has 0 spiro atoms. The summed E-state index contributed by atoms with van der Waals surface area (Å²) in [5.74, 6) is 0.263. The highest BCUT2D eigenvalue weighted by Crippen LogP contribution is 2.16. The molecule has 0 unspecified atom stereocenters. The summed E-state index contributed by atoms with van der Waals surface area (Å²) in [6.45, 7) is 2.70. The molecule has 1 amide bonds. The molecule has 0 saturated heterocycles. The van der Waals surface area contributed by atoms with E-state index in [4.69, 9.17) is 4.74 Å². The third-order valence-electron chi connectivity index (χ3n) is 2.64. The van der Waals surface area contributed by atoms with E-state index in [-0.39, 0.29) is 5.91 Å². The second-order valence-corrected chi connectivity index (χ2v) is 3.99. The van der Waals surface area contributed by atoms with Gasteiger partial charge in [0.25, 0.3) is 5.91 Å². The molecule has 0 bridgehead atoms. The topological polar surface area (TPSA) is 76.1 Å². The molecule has 2 heterocycles. The number of hydrogen-bond acceptors (Lipinski definition) is 5. The minimum absolute atomic E-state index is 0.235. The van der Waals surface area contributed by atoms with E-state index in [1.807, 2.05) is 6.92 Å². The van der Waals surface area contributed by atoms with Crippen molar-refractivity contribution in [2.75, 3.05) is 24.3 Å². The van der Waals surface area contributed by atoms with E-state index in [2.05, 4.69) is 20.6 Å². The standard InChI is InChI=1S/C14H16N4O2/c1-3-16-12-6-7-15-9-11(12)14(19)18-10-4-5-13(20-2)17-8-10/h4-9H,3H2,1-2H3,(H,15,16)(H,18,19). The summed E-state index contributed by atoms with van der Waals surface area (Å²) in [7, 11) is 1.54. The predicted molar refractivity (Wildman–Crippen MR) is 77.1 cm³/mol. The molecule has 0 aliphatic heterocycles. The SMILES string of the molecule is CCNc1ccncc1C(=O)Nc1ccc(OC)nc1. The molecule has 0 aliphatic carbocycles.